The maximum Gasteiger partial charge on any atom is 0.168 e. The maximum absolute atomic E-state index is 15.7. The van der Waals surface area contributed by atoms with E-state index in [-0.39, 0.29) is 29.5 Å². The molecule has 1 unspecified atom stereocenters. The third-order valence-corrected chi connectivity index (χ3v) is 7.67. The van der Waals surface area contributed by atoms with E-state index in [1.807, 2.05) is 36.1 Å². The van der Waals surface area contributed by atoms with E-state index in [1.54, 1.807) is 4.90 Å². The number of alkyl halides is 3. The first kappa shape index (κ1) is 25.9. The highest BCUT2D eigenvalue weighted by Gasteiger charge is 2.40. The molecule has 2 aromatic carbocycles. The first-order chi connectivity index (χ1) is 17.8. The molecule has 1 saturated heterocycles. The zero-order valence-electron chi connectivity index (χ0n) is 20.6. The fourth-order valence-electron chi connectivity index (χ4n) is 5.81. The lowest BCUT2D eigenvalue weighted by Gasteiger charge is -2.41. The second-order valence-electron chi connectivity index (χ2n) is 10.2. The van der Waals surface area contributed by atoms with Crippen LogP contribution in [0.25, 0.3) is 10.9 Å². The number of carbonyl (C=O) groups is 1. The van der Waals surface area contributed by atoms with E-state index in [9.17, 15) is 18.0 Å². The largest absolute Gasteiger partial charge is 0.357 e. The summed E-state index contributed by atoms with van der Waals surface area (Å²) in [7, 11) is 0. The van der Waals surface area contributed by atoms with Gasteiger partial charge in [-0.2, -0.15) is 0 Å². The molecule has 3 heterocycles. The molecule has 1 N–H and O–H groups in total. The Bertz CT molecular complexity index is 1270. The number of para-hydroxylation sites is 1. The number of aromatic amines is 1. The second-order valence-corrected chi connectivity index (χ2v) is 10.2. The molecule has 0 saturated carbocycles. The number of H-pyrrole nitrogens is 1. The molecule has 3 aromatic rings. The third kappa shape index (κ3) is 4.79. The summed E-state index contributed by atoms with van der Waals surface area (Å²) in [6.07, 6.45) is -0.913. The maximum atomic E-state index is 15.7. The normalized spacial score (nSPS) is 21.7. The summed E-state index contributed by atoms with van der Waals surface area (Å²) in [6.45, 7) is 1.27. The van der Waals surface area contributed by atoms with Crippen LogP contribution in [-0.2, 0) is 6.42 Å². The predicted octanol–water partition coefficient (Wildman–Crippen LogP) is 5.56. The molecule has 0 bridgehead atoms. The van der Waals surface area contributed by atoms with Crippen LogP contribution in [0.15, 0.2) is 36.4 Å². The highest BCUT2D eigenvalue weighted by atomic mass is 19.2. The minimum atomic E-state index is -1.80. The molecule has 9 heteroatoms. The Morgan fingerprint density at radius 3 is 2.51 bits per heavy atom. The molecule has 2 aliphatic rings. The van der Waals surface area contributed by atoms with Crippen LogP contribution >= 0.6 is 0 Å². The summed E-state index contributed by atoms with van der Waals surface area (Å²) < 4.78 is 71.2. The van der Waals surface area contributed by atoms with E-state index in [4.69, 9.17) is 0 Å². The first-order valence-corrected chi connectivity index (χ1v) is 12.7. The molecule has 198 valence electrons. The molecular weight excluding hydrogens is 489 g/mol. The van der Waals surface area contributed by atoms with Crippen LogP contribution < -0.4 is 0 Å². The monoisotopic (exact) mass is 519 g/mol. The van der Waals surface area contributed by atoms with E-state index in [0.29, 0.717) is 38.2 Å². The minimum absolute atomic E-state index is 0.0618. The molecule has 5 rings (SSSR count). The van der Waals surface area contributed by atoms with Gasteiger partial charge in [0.25, 0.3) is 0 Å². The van der Waals surface area contributed by atoms with Gasteiger partial charge in [0.15, 0.2) is 5.78 Å². The number of hydrogen-bond donors (Lipinski definition) is 1. The zero-order valence-corrected chi connectivity index (χ0v) is 20.6. The van der Waals surface area contributed by atoms with Gasteiger partial charge in [-0.15, -0.1) is 0 Å². The van der Waals surface area contributed by atoms with Crippen molar-refractivity contribution >= 4 is 16.7 Å². The van der Waals surface area contributed by atoms with Gasteiger partial charge < -0.3 is 9.88 Å². The molecule has 0 spiro atoms. The lowest BCUT2D eigenvalue weighted by Crippen LogP contribution is -2.50. The third-order valence-electron chi connectivity index (χ3n) is 7.67. The van der Waals surface area contributed by atoms with Gasteiger partial charge in [-0.25, -0.2) is 17.6 Å². The van der Waals surface area contributed by atoms with Crippen LogP contribution in [0, 0.1) is 17.6 Å². The van der Waals surface area contributed by atoms with Crippen LogP contribution in [0.5, 0.6) is 0 Å². The van der Waals surface area contributed by atoms with Crippen molar-refractivity contribution in [3.05, 3.63) is 70.4 Å². The summed E-state index contributed by atoms with van der Waals surface area (Å²) in [5, 5.41) is 0.922. The molecule has 1 fully saturated rings. The van der Waals surface area contributed by atoms with Crippen LogP contribution in [0.1, 0.15) is 46.6 Å². The first-order valence-electron chi connectivity index (χ1n) is 12.7. The Labute approximate surface area is 212 Å². The van der Waals surface area contributed by atoms with Crippen molar-refractivity contribution in [1.82, 2.24) is 14.8 Å². The van der Waals surface area contributed by atoms with E-state index >= 15 is 8.78 Å². The van der Waals surface area contributed by atoms with Crippen LogP contribution in [0.3, 0.4) is 0 Å². The molecule has 3 atom stereocenters. The molecule has 0 amide bonds. The lowest BCUT2D eigenvalue weighted by atomic mass is 9.86. The Hall–Kier alpha value is -2.78. The fraction of sp³-hybridized carbons (Fsp3) is 0.464. The number of ketones is 1. The van der Waals surface area contributed by atoms with Crippen LogP contribution in [-0.4, -0.2) is 72.3 Å². The molecule has 0 aliphatic carbocycles. The number of hydrogen-bond acceptors (Lipinski definition) is 3. The zero-order chi connectivity index (χ0) is 26.3. The van der Waals surface area contributed by atoms with Gasteiger partial charge in [-0.05, 0) is 43.5 Å². The van der Waals surface area contributed by atoms with E-state index in [2.05, 4.69) is 4.98 Å². The molecular formula is C28H30F5N3O. The summed E-state index contributed by atoms with van der Waals surface area (Å²) >= 11 is 0. The molecule has 2 aliphatic heterocycles. The number of Topliss-reactive ketones (excluding diaryl/α,β-unsaturated/α-hetero) is 1. The Balaban J connectivity index is 1.52. The van der Waals surface area contributed by atoms with E-state index < -0.39 is 43.1 Å². The van der Waals surface area contributed by atoms with Crippen molar-refractivity contribution in [2.24, 2.45) is 5.92 Å². The summed E-state index contributed by atoms with van der Waals surface area (Å²) in [5.74, 6) is -2.56. The molecule has 1 aromatic heterocycles. The van der Waals surface area contributed by atoms with Crippen LogP contribution in [0.2, 0.25) is 0 Å². The topological polar surface area (TPSA) is 39.3 Å². The SMILES string of the molecule is C[C@@H]1Cc2c([nH]c3ccccc23)[C@@H](c2c(F)cc(C(=O)C3CN(CCCF)C3)cc2F)N1CC(F)CF. The Kier molecular flexibility index (Phi) is 7.36. The Morgan fingerprint density at radius 1 is 1.14 bits per heavy atom. The summed E-state index contributed by atoms with van der Waals surface area (Å²) in [4.78, 5) is 19.7. The number of carbonyl (C=O) groups excluding carboxylic acids is 1. The number of likely N-dealkylation sites (tertiary alicyclic amines) is 1. The quantitative estimate of drug-likeness (QED) is 0.297. The van der Waals surface area contributed by atoms with Gasteiger partial charge in [-0.1, -0.05) is 18.2 Å². The highest BCUT2D eigenvalue weighted by Crippen LogP contribution is 2.43. The highest BCUT2D eigenvalue weighted by molar-refractivity contribution is 5.98. The lowest BCUT2D eigenvalue weighted by molar-refractivity contribution is 0.0612. The Morgan fingerprint density at radius 2 is 1.84 bits per heavy atom. The van der Waals surface area contributed by atoms with Crippen molar-refractivity contribution in [2.45, 2.75) is 38.0 Å². The average Bonchev–Trinajstić information content (AvgIpc) is 3.22. The van der Waals surface area contributed by atoms with E-state index in [0.717, 1.165) is 28.6 Å². The van der Waals surface area contributed by atoms with Gasteiger partial charge in [0.05, 0.1) is 12.7 Å². The molecule has 4 nitrogen and oxygen atoms in total. The number of rotatable bonds is 9. The number of nitrogens with zero attached hydrogens (tertiary/aromatic N) is 2. The van der Waals surface area contributed by atoms with Crippen LogP contribution in [0.4, 0.5) is 22.0 Å². The van der Waals surface area contributed by atoms with Gasteiger partial charge in [0.1, 0.15) is 24.5 Å². The summed E-state index contributed by atoms with van der Waals surface area (Å²) in [5.41, 5.74) is 1.88. The smallest absolute Gasteiger partial charge is 0.168 e. The fourth-order valence-corrected chi connectivity index (χ4v) is 5.81. The predicted molar refractivity (Wildman–Crippen MR) is 132 cm³/mol. The minimum Gasteiger partial charge on any atom is -0.357 e. The summed E-state index contributed by atoms with van der Waals surface area (Å²) in [6, 6.07) is 8.29. The van der Waals surface area contributed by atoms with Gasteiger partial charge in [0, 0.05) is 65.9 Å². The van der Waals surface area contributed by atoms with Gasteiger partial charge in [0.2, 0.25) is 0 Å². The molecule has 0 radical (unpaired) electrons. The van der Waals surface area contributed by atoms with Crippen molar-refractivity contribution in [2.75, 3.05) is 39.5 Å². The average molecular weight is 520 g/mol. The number of aromatic nitrogens is 1. The van der Waals surface area contributed by atoms with Crippen molar-refractivity contribution in [1.29, 1.82) is 0 Å². The standard InChI is InChI=1S/C28H30F5N3O/c1-16-9-21-20-5-2-3-6-24(20)34-26(21)27(36(16)15-19(31)12-30)25-22(32)10-17(11-23(25)33)28(37)18-13-35(14-18)8-4-7-29/h2-3,5-6,10-11,16,18-19,27,34H,4,7-9,12-15H2,1H3/t16-,19?,27-/m1/s1. The van der Waals surface area contributed by atoms with Crippen molar-refractivity contribution < 1.29 is 26.7 Å². The number of benzene rings is 2. The van der Waals surface area contributed by atoms with E-state index in [1.165, 1.54) is 0 Å². The number of halogens is 5. The second kappa shape index (κ2) is 10.5. The molecule has 37 heavy (non-hydrogen) atoms. The number of nitrogens with one attached hydrogen (secondary N) is 1. The van der Waals surface area contributed by atoms with Gasteiger partial charge >= 0.3 is 0 Å². The number of fused-ring (bicyclic) bond motifs is 3. The van der Waals surface area contributed by atoms with Crippen molar-refractivity contribution in [3.8, 4) is 0 Å². The van der Waals surface area contributed by atoms with Crippen molar-refractivity contribution in [3.63, 3.8) is 0 Å². The van der Waals surface area contributed by atoms with Gasteiger partial charge in [-0.3, -0.25) is 14.1 Å².